The molecule has 0 fully saturated rings. The molecule has 4 heterocycles. The van der Waals surface area contributed by atoms with Crippen LogP contribution in [0.15, 0.2) is 35.8 Å². The van der Waals surface area contributed by atoms with Gasteiger partial charge in [0.05, 0.1) is 16.1 Å². The molecule has 0 saturated carbocycles. The Bertz CT molecular complexity index is 1260. The number of aromatic nitrogens is 3. The maximum Gasteiger partial charge on any atom is 0.276 e. The SMILES string of the molecule is C[C@@H]1CCc2c(sc(NC(=O)c3cc4nccc(-c5cccs5)n4n3)c2C#N)C1. The third-order valence-corrected chi connectivity index (χ3v) is 7.28. The normalized spacial score (nSPS) is 15.8. The van der Waals surface area contributed by atoms with E-state index in [1.54, 1.807) is 28.1 Å². The van der Waals surface area contributed by atoms with Crippen LogP contribution in [-0.2, 0) is 12.8 Å². The first-order chi connectivity index (χ1) is 14.1. The zero-order valence-electron chi connectivity index (χ0n) is 15.7. The van der Waals surface area contributed by atoms with Crippen molar-refractivity contribution in [3.63, 3.8) is 0 Å². The van der Waals surface area contributed by atoms with Gasteiger partial charge in [-0.2, -0.15) is 10.4 Å². The van der Waals surface area contributed by atoms with Crippen LogP contribution in [0.3, 0.4) is 0 Å². The molecule has 8 heteroatoms. The number of carbonyl (C=O) groups excluding carboxylic acids is 1. The summed E-state index contributed by atoms with van der Waals surface area (Å²) in [5.41, 5.74) is 3.49. The molecule has 0 aliphatic heterocycles. The predicted octanol–water partition coefficient (Wildman–Crippen LogP) is 4.77. The number of fused-ring (bicyclic) bond motifs is 2. The summed E-state index contributed by atoms with van der Waals surface area (Å²) in [7, 11) is 0. The van der Waals surface area contributed by atoms with Crippen molar-refractivity contribution in [1.82, 2.24) is 14.6 Å². The highest BCUT2D eigenvalue weighted by molar-refractivity contribution is 7.16. The van der Waals surface area contributed by atoms with Crippen LogP contribution in [0.2, 0.25) is 0 Å². The minimum absolute atomic E-state index is 0.283. The van der Waals surface area contributed by atoms with E-state index in [2.05, 4.69) is 28.4 Å². The summed E-state index contributed by atoms with van der Waals surface area (Å²) >= 11 is 3.13. The number of hydrogen-bond donors (Lipinski definition) is 1. The predicted molar refractivity (Wildman–Crippen MR) is 114 cm³/mol. The second-order valence-electron chi connectivity index (χ2n) is 7.23. The molecule has 0 saturated heterocycles. The van der Waals surface area contributed by atoms with E-state index >= 15 is 0 Å². The van der Waals surface area contributed by atoms with E-state index in [1.165, 1.54) is 16.2 Å². The van der Waals surface area contributed by atoms with Crippen molar-refractivity contribution in [3.8, 4) is 16.6 Å². The highest BCUT2D eigenvalue weighted by Gasteiger charge is 2.25. The van der Waals surface area contributed by atoms with Crippen molar-refractivity contribution in [2.45, 2.75) is 26.2 Å². The minimum Gasteiger partial charge on any atom is -0.311 e. The third kappa shape index (κ3) is 3.12. The molecule has 144 valence electrons. The molecule has 1 aliphatic rings. The van der Waals surface area contributed by atoms with Crippen LogP contribution in [0, 0.1) is 17.2 Å². The van der Waals surface area contributed by atoms with E-state index in [9.17, 15) is 10.1 Å². The lowest BCUT2D eigenvalue weighted by Crippen LogP contribution is -2.13. The second kappa shape index (κ2) is 7.10. The molecule has 0 bridgehead atoms. The van der Waals surface area contributed by atoms with Gasteiger partial charge in [-0.3, -0.25) is 4.79 Å². The first-order valence-electron chi connectivity index (χ1n) is 9.38. The number of anilines is 1. The Morgan fingerprint density at radius 1 is 1.41 bits per heavy atom. The second-order valence-corrected chi connectivity index (χ2v) is 9.28. The topological polar surface area (TPSA) is 83.1 Å². The Morgan fingerprint density at radius 2 is 2.31 bits per heavy atom. The Kier molecular flexibility index (Phi) is 4.42. The number of amides is 1. The fourth-order valence-corrected chi connectivity index (χ4v) is 5.83. The lowest BCUT2D eigenvalue weighted by atomic mass is 9.89. The molecule has 4 aromatic rings. The lowest BCUT2D eigenvalue weighted by Gasteiger charge is -2.17. The van der Waals surface area contributed by atoms with Crippen LogP contribution in [0.25, 0.3) is 16.2 Å². The third-order valence-electron chi connectivity index (χ3n) is 5.21. The number of rotatable bonds is 3. The monoisotopic (exact) mass is 419 g/mol. The van der Waals surface area contributed by atoms with Gasteiger partial charge in [-0.15, -0.1) is 22.7 Å². The molecular formula is C21H17N5OS2. The molecule has 0 spiro atoms. The molecule has 0 aromatic carbocycles. The summed E-state index contributed by atoms with van der Waals surface area (Å²) in [4.78, 5) is 19.5. The van der Waals surface area contributed by atoms with E-state index in [0.717, 1.165) is 35.4 Å². The van der Waals surface area contributed by atoms with Gasteiger partial charge in [0, 0.05) is 17.1 Å². The maximum absolute atomic E-state index is 12.9. The summed E-state index contributed by atoms with van der Waals surface area (Å²) in [6.45, 7) is 2.22. The van der Waals surface area contributed by atoms with E-state index < -0.39 is 0 Å². The van der Waals surface area contributed by atoms with Crippen molar-refractivity contribution in [1.29, 1.82) is 5.26 Å². The Hall–Kier alpha value is -3.02. The summed E-state index contributed by atoms with van der Waals surface area (Å²) < 4.78 is 1.69. The molecule has 6 nitrogen and oxygen atoms in total. The molecule has 0 radical (unpaired) electrons. The summed E-state index contributed by atoms with van der Waals surface area (Å²) in [6, 6.07) is 9.84. The highest BCUT2D eigenvalue weighted by atomic mass is 32.1. The summed E-state index contributed by atoms with van der Waals surface area (Å²) in [5, 5.41) is 19.7. The fourth-order valence-electron chi connectivity index (χ4n) is 3.74. The number of nitrogens with zero attached hydrogens (tertiary/aromatic N) is 4. The van der Waals surface area contributed by atoms with Crippen LogP contribution in [-0.4, -0.2) is 20.5 Å². The molecular weight excluding hydrogens is 402 g/mol. The van der Waals surface area contributed by atoms with Crippen molar-refractivity contribution in [2.75, 3.05) is 5.32 Å². The van der Waals surface area contributed by atoms with Crippen molar-refractivity contribution < 1.29 is 4.79 Å². The molecule has 1 aliphatic carbocycles. The smallest absolute Gasteiger partial charge is 0.276 e. The lowest BCUT2D eigenvalue weighted by molar-refractivity contribution is 0.102. The molecule has 1 N–H and O–H groups in total. The molecule has 29 heavy (non-hydrogen) atoms. The van der Waals surface area contributed by atoms with Crippen LogP contribution in [0.5, 0.6) is 0 Å². The number of nitriles is 1. The Labute approximate surface area is 175 Å². The number of nitrogens with one attached hydrogen (secondary N) is 1. The van der Waals surface area contributed by atoms with E-state index in [1.807, 2.05) is 23.6 Å². The van der Waals surface area contributed by atoms with Crippen LogP contribution in [0.4, 0.5) is 5.00 Å². The first-order valence-corrected chi connectivity index (χ1v) is 11.1. The van der Waals surface area contributed by atoms with Gasteiger partial charge in [0.25, 0.3) is 5.91 Å². The molecule has 4 aromatic heterocycles. The fraction of sp³-hybridized carbons (Fsp3) is 0.238. The van der Waals surface area contributed by atoms with Crippen LogP contribution >= 0.6 is 22.7 Å². The average molecular weight is 420 g/mol. The van der Waals surface area contributed by atoms with Crippen molar-refractivity contribution in [3.05, 3.63) is 57.5 Å². The highest BCUT2D eigenvalue weighted by Crippen LogP contribution is 2.39. The van der Waals surface area contributed by atoms with Crippen molar-refractivity contribution in [2.24, 2.45) is 5.92 Å². The molecule has 0 unspecified atom stereocenters. The van der Waals surface area contributed by atoms with Gasteiger partial charge in [0.15, 0.2) is 11.3 Å². The van der Waals surface area contributed by atoms with Crippen LogP contribution < -0.4 is 5.32 Å². The van der Waals surface area contributed by atoms with Gasteiger partial charge in [-0.25, -0.2) is 9.50 Å². The number of hydrogen-bond acceptors (Lipinski definition) is 6. The van der Waals surface area contributed by atoms with Crippen LogP contribution in [0.1, 0.15) is 39.8 Å². The molecule has 5 rings (SSSR count). The standard InChI is InChI=1S/C21H17N5OS2/c1-12-4-5-13-14(11-22)21(29-18(13)9-12)24-20(27)15-10-19-23-7-6-16(26(19)25-15)17-3-2-8-28-17/h2-3,6-8,10,12H,4-5,9H2,1H3,(H,24,27)/t12-/m1/s1. The quantitative estimate of drug-likeness (QED) is 0.519. The number of thiophene rings is 2. The largest absolute Gasteiger partial charge is 0.311 e. The zero-order valence-corrected chi connectivity index (χ0v) is 17.3. The van der Waals surface area contributed by atoms with Gasteiger partial charge < -0.3 is 5.32 Å². The van der Waals surface area contributed by atoms with E-state index in [0.29, 0.717) is 22.1 Å². The Balaban J connectivity index is 1.49. The number of carbonyl (C=O) groups is 1. The minimum atomic E-state index is -0.323. The molecule has 1 amide bonds. The summed E-state index contributed by atoms with van der Waals surface area (Å²) in [5.74, 6) is 0.284. The average Bonchev–Trinajstić information content (AvgIpc) is 3.45. The van der Waals surface area contributed by atoms with E-state index in [4.69, 9.17) is 0 Å². The first kappa shape index (κ1) is 18.0. The van der Waals surface area contributed by atoms with Gasteiger partial charge in [0.2, 0.25) is 0 Å². The maximum atomic E-state index is 12.9. The van der Waals surface area contributed by atoms with Crippen molar-refractivity contribution >= 4 is 39.2 Å². The van der Waals surface area contributed by atoms with Gasteiger partial charge in [0.1, 0.15) is 11.1 Å². The Morgan fingerprint density at radius 3 is 3.10 bits per heavy atom. The summed E-state index contributed by atoms with van der Waals surface area (Å²) in [6.07, 6.45) is 4.66. The van der Waals surface area contributed by atoms with Gasteiger partial charge in [-0.1, -0.05) is 13.0 Å². The van der Waals surface area contributed by atoms with E-state index in [-0.39, 0.29) is 11.6 Å². The zero-order chi connectivity index (χ0) is 20.0. The van der Waals surface area contributed by atoms with Gasteiger partial charge in [-0.05, 0) is 48.3 Å². The molecule has 1 atom stereocenters. The van der Waals surface area contributed by atoms with Gasteiger partial charge >= 0.3 is 0 Å².